The van der Waals surface area contributed by atoms with Crippen LogP contribution >= 0.6 is 0 Å². The second kappa shape index (κ2) is 7.04. The number of hydrogen-bond acceptors (Lipinski definition) is 1. The van der Waals surface area contributed by atoms with E-state index in [9.17, 15) is 4.39 Å². The highest BCUT2D eigenvalue weighted by atomic mass is 19.1. The number of benzene rings is 1. The van der Waals surface area contributed by atoms with Crippen LogP contribution in [0, 0.1) is 18.7 Å². The van der Waals surface area contributed by atoms with Gasteiger partial charge in [-0.05, 0) is 68.3 Å². The lowest BCUT2D eigenvalue weighted by molar-refractivity contribution is 0.296. The Morgan fingerprint density at radius 3 is 2.79 bits per heavy atom. The number of aryl methyl sites for hydroxylation is 1. The van der Waals surface area contributed by atoms with Crippen LogP contribution in [0.2, 0.25) is 0 Å². The maximum Gasteiger partial charge on any atom is 0.126 e. The molecular formula is C17H26FN. The summed E-state index contributed by atoms with van der Waals surface area (Å²) in [7, 11) is 0. The van der Waals surface area contributed by atoms with Gasteiger partial charge in [0.15, 0.2) is 0 Å². The average molecular weight is 263 g/mol. The monoisotopic (exact) mass is 263 g/mol. The van der Waals surface area contributed by atoms with E-state index in [2.05, 4.69) is 18.3 Å². The molecule has 0 aliphatic heterocycles. The summed E-state index contributed by atoms with van der Waals surface area (Å²) < 4.78 is 13.4. The molecule has 0 radical (unpaired) electrons. The Hall–Kier alpha value is -0.890. The topological polar surface area (TPSA) is 12.0 Å². The summed E-state index contributed by atoms with van der Waals surface area (Å²) >= 11 is 0. The van der Waals surface area contributed by atoms with Crippen molar-refractivity contribution in [3.05, 3.63) is 35.1 Å². The van der Waals surface area contributed by atoms with Crippen LogP contribution in [-0.2, 0) is 0 Å². The van der Waals surface area contributed by atoms with Crippen LogP contribution in [0.5, 0.6) is 0 Å². The summed E-state index contributed by atoms with van der Waals surface area (Å²) in [6.45, 7) is 6.28. The highest BCUT2D eigenvalue weighted by Crippen LogP contribution is 2.37. The van der Waals surface area contributed by atoms with Crippen LogP contribution in [0.1, 0.15) is 56.1 Å². The molecule has 0 spiro atoms. The minimum Gasteiger partial charge on any atom is -0.316 e. The van der Waals surface area contributed by atoms with Crippen molar-refractivity contribution in [1.29, 1.82) is 0 Å². The van der Waals surface area contributed by atoms with Crippen LogP contribution in [0.4, 0.5) is 4.39 Å². The van der Waals surface area contributed by atoms with Gasteiger partial charge in [0.1, 0.15) is 5.82 Å². The van der Waals surface area contributed by atoms with Crippen LogP contribution < -0.4 is 5.32 Å². The van der Waals surface area contributed by atoms with Crippen LogP contribution in [0.25, 0.3) is 0 Å². The molecule has 1 fully saturated rings. The molecule has 1 aromatic rings. The summed E-state index contributed by atoms with van der Waals surface area (Å²) in [5, 5.41) is 3.56. The zero-order valence-electron chi connectivity index (χ0n) is 12.2. The van der Waals surface area contributed by atoms with Crippen molar-refractivity contribution < 1.29 is 4.39 Å². The van der Waals surface area contributed by atoms with Gasteiger partial charge < -0.3 is 5.32 Å². The van der Waals surface area contributed by atoms with Crippen molar-refractivity contribution >= 4 is 0 Å². The number of rotatable bonds is 5. The van der Waals surface area contributed by atoms with Gasteiger partial charge in [0.25, 0.3) is 0 Å². The fourth-order valence-electron chi connectivity index (χ4n) is 3.25. The smallest absolute Gasteiger partial charge is 0.126 e. The fourth-order valence-corrected chi connectivity index (χ4v) is 3.25. The largest absolute Gasteiger partial charge is 0.316 e. The fraction of sp³-hybridized carbons (Fsp3) is 0.647. The van der Waals surface area contributed by atoms with Crippen LogP contribution in [-0.4, -0.2) is 13.1 Å². The van der Waals surface area contributed by atoms with E-state index in [1.807, 2.05) is 13.0 Å². The molecule has 1 nitrogen and oxygen atoms in total. The van der Waals surface area contributed by atoms with E-state index in [0.29, 0.717) is 11.8 Å². The van der Waals surface area contributed by atoms with Crippen molar-refractivity contribution in [2.75, 3.05) is 13.1 Å². The standard InChI is InChI=1S/C17H26FN/c1-3-10-19-12-15-6-4-5-7-16(15)14-8-9-17(18)13(2)11-14/h8-9,11,15-16,19H,3-7,10,12H2,1-2H3. The van der Waals surface area contributed by atoms with Crippen molar-refractivity contribution in [3.8, 4) is 0 Å². The zero-order valence-corrected chi connectivity index (χ0v) is 12.2. The van der Waals surface area contributed by atoms with E-state index in [4.69, 9.17) is 0 Å². The predicted molar refractivity (Wildman–Crippen MR) is 79.0 cm³/mol. The average Bonchev–Trinajstić information content (AvgIpc) is 2.43. The van der Waals surface area contributed by atoms with E-state index in [-0.39, 0.29) is 5.82 Å². The van der Waals surface area contributed by atoms with Gasteiger partial charge in [-0.15, -0.1) is 0 Å². The number of hydrogen-bond donors (Lipinski definition) is 1. The third-order valence-corrected chi connectivity index (χ3v) is 4.35. The number of halogens is 1. The molecule has 2 rings (SSSR count). The Balaban J connectivity index is 2.07. The lowest BCUT2D eigenvalue weighted by atomic mass is 9.75. The quantitative estimate of drug-likeness (QED) is 0.776. The summed E-state index contributed by atoms with van der Waals surface area (Å²) in [5.41, 5.74) is 2.12. The van der Waals surface area contributed by atoms with Gasteiger partial charge >= 0.3 is 0 Å². The molecule has 0 heterocycles. The van der Waals surface area contributed by atoms with Gasteiger partial charge in [-0.1, -0.05) is 31.9 Å². The summed E-state index contributed by atoms with van der Waals surface area (Å²) in [5.74, 6) is 1.24. The molecular weight excluding hydrogens is 237 g/mol. The molecule has 2 unspecified atom stereocenters. The molecule has 0 saturated heterocycles. The van der Waals surface area contributed by atoms with E-state index in [1.165, 1.54) is 37.7 Å². The first kappa shape index (κ1) is 14.5. The van der Waals surface area contributed by atoms with Crippen molar-refractivity contribution in [1.82, 2.24) is 5.32 Å². The Bertz CT molecular complexity index is 402. The summed E-state index contributed by atoms with van der Waals surface area (Å²) in [4.78, 5) is 0. The molecule has 1 aromatic carbocycles. The van der Waals surface area contributed by atoms with E-state index < -0.39 is 0 Å². The molecule has 0 bridgehead atoms. The molecule has 1 aliphatic carbocycles. The predicted octanol–water partition coefficient (Wildman–Crippen LogP) is 4.41. The van der Waals surface area contributed by atoms with E-state index >= 15 is 0 Å². The first-order valence-corrected chi connectivity index (χ1v) is 7.69. The Kier molecular flexibility index (Phi) is 5.38. The normalized spacial score (nSPS) is 23.5. The van der Waals surface area contributed by atoms with Crippen LogP contribution in [0.3, 0.4) is 0 Å². The minimum absolute atomic E-state index is 0.0831. The zero-order chi connectivity index (χ0) is 13.7. The first-order chi connectivity index (χ1) is 9.22. The Labute approximate surface area is 116 Å². The summed E-state index contributed by atoms with van der Waals surface area (Å²) in [6, 6.07) is 5.68. The third-order valence-electron chi connectivity index (χ3n) is 4.35. The lowest BCUT2D eigenvalue weighted by Gasteiger charge is -2.32. The molecule has 0 amide bonds. The first-order valence-electron chi connectivity index (χ1n) is 7.69. The van der Waals surface area contributed by atoms with Crippen LogP contribution in [0.15, 0.2) is 18.2 Å². The van der Waals surface area contributed by atoms with E-state index in [1.54, 1.807) is 6.07 Å². The highest BCUT2D eigenvalue weighted by molar-refractivity contribution is 5.27. The second-order valence-corrected chi connectivity index (χ2v) is 5.86. The summed E-state index contributed by atoms with van der Waals surface area (Å²) in [6.07, 6.45) is 6.40. The SMILES string of the molecule is CCCNCC1CCCCC1c1ccc(F)c(C)c1. The maximum atomic E-state index is 13.4. The number of nitrogens with one attached hydrogen (secondary N) is 1. The third kappa shape index (κ3) is 3.79. The van der Waals surface area contributed by atoms with Gasteiger partial charge in [-0.3, -0.25) is 0 Å². The van der Waals surface area contributed by atoms with Gasteiger partial charge in [0.2, 0.25) is 0 Å². The minimum atomic E-state index is -0.0831. The lowest BCUT2D eigenvalue weighted by Crippen LogP contribution is -2.30. The van der Waals surface area contributed by atoms with Gasteiger partial charge in [0.05, 0.1) is 0 Å². The molecule has 2 atom stereocenters. The van der Waals surface area contributed by atoms with Crippen molar-refractivity contribution in [2.24, 2.45) is 5.92 Å². The Morgan fingerprint density at radius 2 is 2.05 bits per heavy atom. The van der Waals surface area contributed by atoms with Gasteiger partial charge in [-0.2, -0.15) is 0 Å². The van der Waals surface area contributed by atoms with Gasteiger partial charge in [-0.25, -0.2) is 4.39 Å². The van der Waals surface area contributed by atoms with E-state index in [0.717, 1.165) is 18.7 Å². The Morgan fingerprint density at radius 1 is 1.26 bits per heavy atom. The molecule has 19 heavy (non-hydrogen) atoms. The molecule has 2 heteroatoms. The molecule has 1 N–H and O–H groups in total. The molecule has 0 aromatic heterocycles. The van der Waals surface area contributed by atoms with Gasteiger partial charge in [0, 0.05) is 0 Å². The molecule has 106 valence electrons. The van der Waals surface area contributed by atoms with Crippen molar-refractivity contribution in [3.63, 3.8) is 0 Å². The maximum absolute atomic E-state index is 13.4. The second-order valence-electron chi connectivity index (χ2n) is 5.86. The highest BCUT2D eigenvalue weighted by Gasteiger charge is 2.26. The molecule has 1 saturated carbocycles. The molecule has 1 aliphatic rings. The van der Waals surface area contributed by atoms with Crippen molar-refractivity contribution in [2.45, 2.75) is 51.9 Å².